The number of nitrogens with zero attached hydrogens (tertiary/aromatic N) is 1. The summed E-state index contributed by atoms with van der Waals surface area (Å²) in [4.78, 5) is 39.0. The van der Waals surface area contributed by atoms with Gasteiger partial charge in [0.15, 0.2) is 18.1 Å². The van der Waals surface area contributed by atoms with Crippen molar-refractivity contribution in [2.45, 2.75) is 13.8 Å². The van der Waals surface area contributed by atoms with Crippen LogP contribution in [0.25, 0.3) is 6.08 Å². The van der Waals surface area contributed by atoms with Crippen LogP contribution in [0.1, 0.15) is 16.7 Å². The average molecular weight is 533 g/mol. The molecular weight excluding hydrogens is 504 g/mol. The molecule has 3 amide bonds. The van der Waals surface area contributed by atoms with E-state index in [9.17, 15) is 14.4 Å². The van der Waals surface area contributed by atoms with Gasteiger partial charge in [-0.3, -0.25) is 19.3 Å². The minimum atomic E-state index is -0.375. The summed E-state index contributed by atoms with van der Waals surface area (Å²) in [5.41, 5.74) is 3.50. The van der Waals surface area contributed by atoms with Gasteiger partial charge < -0.3 is 19.5 Å². The fraction of sp³-hybridized carbons (Fsp3) is 0.207. The molecule has 1 saturated heterocycles. The van der Waals surface area contributed by atoms with Crippen molar-refractivity contribution in [1.29, 1.82) is 0 Å². The number of hydrogen-bond acceptors (Lipinski definition) is 7. The Balaban J connectivity index is 1.35. The summed E-state index contributed by atoms with van der Waals surface area (Å²) >= 11 is 0.876. The second-order valence-electron chi connectivity index (χ2n) is 8.61. The van der Waals surface area contributed by atoms with E-state index in [0.29, 0.717) is 33.4 Å². The number of nitrogens with one attached hydrogen (secondary N) is 1. The first-order chi connectivity index (χ1) is 18.3. The molecular formula is C29H28N2O6S. The Labute approximate surface area is 225 Å². The molecule has 1 aliphatic rings. The van der Waals surface area contributed by atoms with Crippen LogP contribution in [0.15, 0.2) is 71.6 Å². The van der Waals surface area contributed by atoms with Gasteiger partial charge in [-0.2, -0.15) is 0 Å². The van der Waals surface area contributed by atoms with Crippen molar-refractivity contribution in [2.24, 2.45) is 0 Å². The zero-order valence-corrected chi connectivity index (χ0v) is 22.2. The first-order valence-electron chi connectivity index (χ1n) is 11.9. The highest BCUT2D eigenvalue weighted by atomic mass is 32.2. The van der Waals surface area contributed by atoms with E-state index < -0.39 is 0 Å². The molecule has 1 fully saturated rings. The first kappa shape index (κ1) is 26.8. The minimum Gasteiger partial charge on any atom is -0.493 e. The van der Waals surface area contributed by atoms with E-state index in [-0.39, 0.29) is 36.8 Å². The number of aryl methyl sites for hydroxylation is 2. The molecule has 4 rings (SSSR count). The normalized spacial score (nSPS) is 14.1. The van der Waals surface area contributed by atoms with Crippen LogP contribution in [0.4, 0.5) is 10.5 Å². The maximum absolute atomic E-state index is 12.8. The number of ether oxygens (including phenoxy) is 3. The van der Waals surface area contributed by atoms with E-state index in [2.05, 4.69) is 5.32 Å². The average Bonchev–Trinajstić information content (AvgIpc) is 3.16. The molecule has 0 bridgehead atoms. The number of carbonyl (C=O) groups is 3. The summed E-state index contributed by atoms with van der Waals surface area (Å²) in [7, 11) is 1.49. The van der Waals surface area contributed by atoms with Crippen LogP contribution in [0.3, 0.4) is 0 Å². The summed E-state index contributed by atoms with van der Waals surface area (Å²) in [5, 5.41) is 2.44. The van der Waals surface area contributed by atoms with Crippen molar-refractivity contribution < 1.29 is 28.6 Å². The van der Waals surface area contributed by atoms with Gasteiger partial charge in [-0.25, -0.2) is 0 Å². The van der Waals surface area contributed by atoms with Crippen LogP contribution in [-0.2, 0) is 9.59 Å². The lowest BCUT2D eigenvalue weighted by molar-refractivity contribution is -0.123. The predicted molar refractivity (Wildman–Crippen MR) is 148 cm³/mol. The number of imide groups is 1. The Hall–Kier alpha value is -4.24. The molecule has 1 aliphatic heterocycles. The number of thioether (sulfide) groups is 1. The Kier molecular flexibility index (Phi) is 8.70. The number of rotatable bonds is 10. The summed E-state index contributed by atoms with van der Waals surface area (Å²) in [5.74, 6) is 0.778. The van der Waals surface area contributed by atoms with Crippen molar-refractivity contribution in [2.75, 3.05) is 32.2 Å². The van der Waals surface area contributed by atoms with Crippen LogP contribution in [0, 0.1) is 13.8 Å². The van der Waals surface area contributed by atoms with Gasteiger partial charge in [0, 0.05) is 5.69 Å². The molecule has 0 aliphatic carbocycles. The molecule has 38 heavy (non-hydrogen) atoms. The number of methoxy groups -OCH3 is 1. The lowest BCUT2D eigenvalue weighted by Crippen LogP contribution is -2.32. The Morgan fingerprint density at radius 3 is 2.47 bits per heavy atom. The maximum Gasteiger partial charge on any atom is 0.293 e. The Morgan fingerprint density at radius 2 is 1.74 bits per heavy atom. The van der Waals surface area contributed by atoms with Gasteiger partial charge >= 0.3 is 0 Å². The minimum absolute atomic E-state index is 0.149. The molecule has 0 saturated carbocycles. The van der Waals surface area contributed by atoms with Crippen molar-refractivity contribution >= 4 is 40.6 Å². The quantitative estimate of drug-likeness (QED) is 0.347. The topological polar surface area (TPSA) is 94.2 Å². The smallest absolute Gasteiger partial charge is 0.293 e. The van der Waals surface area contributed by atoms with E-state index in [1.807, 2.05) is 56.3 Å². The second kappa shape index (κ2) is 12.3. The molecule has 0 radical (unpaired) electrons. The maximum atomic E-state index is 12.8. The van der Waals surface area contributed by atoms with Crippen LogP contribution in [-0.4, -0.2) is 48.8 Å². The molecule has 8 nitrogen and oxygen atoms in total. The van der Waals surface area contributed by atoms with Gasteiger partial charge in [-0.1, -0.05) is 35.9 Å². The Morgan fingerprint density at radius 1 is 0.947 bits per heavy atom. The Bertz CT molecular complexity index is 1370. The van der Waals surface area contributed by atoms with E-state index >= 15 is 0 Å². The fourth-order valence-electron chi connectivity index (χ4n) is 3.69. The largest absolute Gasteiger partial charge is 0.493 e. The molecule has 196 valence electrons. The van der Waals surface area contributed by atoms with Crippen molar-refractivity contribution in [3.05, 3.63) is 88.3 Å². The molecule has 1 heterocycles. The third-order valence-corrected chi connectivity index (χ3v) is 6.53. The highest BCUT2D eigenvalue weighted by Crippen LogP contribution is 2.34. The van der Waals surface area contributed by atoms with Gasteiger partial charge in [-0.15, -0.1) is 0 Å². The molecule has 0 unspecified atom stereocenters. The van der Waals surface area contributed by atoms with E-state index in [4.69, 9.17) is 14.2 Å². The van der Waals surface area contributed by atoms with Gasteiger partial charge in [0.05, 0.1) is 18.6 Å². The van der Waals surface area contributed by atoms with E-state index in [0.717, 1.165) is 22.9 Å². The first-order valence-corrected chi connectivity index (χ1v) is 12.8. The number of hydrogen-bond donors (Lipinski definition) is 1. The van der Waals surface area contributed by atoms with E-state index in [1.54, 1.807) is 30.3 Å². The zero-order valence-electron chi connectivity index (χ0n) is 21.4. The monoisotopic (exact) mass is 532 g/mol. The summed E-state index contributed by atoms with van der Waals surface area (Å²) in [6.45, 7) is 4.08. The molecule has 9 heteroatoms. The van der Waals surface area contributed by atoms with Crippen molar-refractivity contribution in [3.63, 3.8) is 0 Å². The van der Waals surface area contributed by atoms with Gasteiger partial charge in [-0.05, 0) is 79.2 Å². The molecule has 3 aromatic carbocycles. The lowest BCUT2D eigenvalue weighted by Gasteiger charge is -2.13. The number of amides is 3. The van der Waals surface area contributed by atoms with Crippen LogP contribution in [0.2, 0.25) is 0 Å². The molecule has 1 N–H and O–H groups in total. The number of carbonyl (C=O) groups excluding carboxylic acids is 3. The SMILES string of the molecule is COc1cc(/C=C2\SC(=O)N(CCOc3ccc(C)cc3)C2=O)ccc1OCC(=O)Nc1cccc(C)c1. The molecule has 0 atom stereocenters. The highest BCUT2D eigenvalue weighted by molar-refractivity contribution is 8.18. The van der Waals surface area contributed by atoms with Crippen molar-refractivity contribution in [3.8, 4) is 17.2 Å². The number of anilines is 1. The van der Waals surface area contributed by atoms with Gasteiger partial charge in [0.2, 0.25) is 0 Å². The second-order valence-corrected chi connectivity index (χ2v) is 9.60. The lowest BCUT2D eigenvalue weighted by atomic mass is 10.2. The zero-order chi connectivity index (χ0) is 27.1. The summed E-state index contributed by atoms with van der Waals surface area (Å²) < 4.78 is 16.7. The number of benzene rings is 3. The summed E-state index contributed by atoms with van der Waals surface area (Å²) in [6, 6.07) is 20.1. The van der Waals surface area contributed by atoms with E-state index in [1.165, 1.54) is 12.0 Å². The van der Waals surface area contributed by atoms with Crippen LogP contribution in [0.5, 0.6) is 17.2 Å². The van der Waals surface area contributed by atoms with Crippen LogP contribution < -0.4 is 19.5 Å². The molecule has 0 aromatic heterocycles. The van der Waals surface area contributed by atoms with Gasteiger partial charge in [0.1, 0.15) is 12.4 Å². The van der Waals surface area contributed by atoms with Gasteiger partial charge in [0.25, 0.3) is 17.1 Å². The molecule has 0 spiro atoms. The van der Waals surface area contributed by atoms with Crippen LogP contribution >= 0.6 is 11.8 Å². The highest BCUT2D eigenvalue weighted by Gasteiger charge is 2.34. The predicted octanol–water partition coefficient (Wildman–Crippen LogP) is 5.44. The third kappa shape index (κ3) is 6.95. The molecule has 3 aromatic rings. The standard InChI is InChI=1S/C29H28N2O6S/c1-19-7-10-23(11-8-19)36-14-13-31-28(33)26(38-29(31)34)17-21-9-12-24(25(16-21)35-3)37-18-27(32)30-22-6-4-5-20(2)15-22/h4-12,15-17H,13-14,18H2,1-3H3,(H,30,32)/b26-17-. The van der Waals surface area contributed by atoms with Crippen molar-refractivity contribution in [1.82, 2.24) is 4.90 Å². The third-order valence-electron chi connectivity index (χ3n) is 5.62. The fourth-order valence-corrected chi connectivity index (χ4v) is 4.55. The summed E-state index contributed by atoms with van der Waals surface area (Å²) in [6.07, 6.45) is 1.63.